The van der Waals surface area contributed by atoms with Gasteiger partial charge in [-0.1, -0.05) is 0 Å². The van der Waals surface area contributed by atoms with Gasteiger partial charge < -0.3 is 15.5 Å². The first-order valence-electron chi connectivity index (χ1n) is 5.21. The van der Waals surface area contributed by atoms with E-state index in [1.165, 1.54) is 30.6 Å². The molecule has 19 heavy (non-hydrogen) atoms. The molecule has 96 valence electrons. The predicted molar refractivity (Wildman–Crippen MR) is 65.1 cm³/mol. The van der Waals surface area contributed by atoms with Crippen molar-refractivity contribution in [1.82, 2.24) is 9.97 Å². The Kier molecular flexibility index (Phi) is 3.37. The Morgan fingerprint density at radius 3 is 2.53 bits per heavy atom. The molecule has 0 aromatic carbocycles. The number of carboxylic acid groups (broad SMARTS) is 1. The molecule has 0 saturated heterocycles. The Morgan fingerprint density at radius 1 is 1.16 bits per heavy atom. The molecule has 0 aliphatic carbocycles. The van der Waals surface area contributed by atoms with E-state index in [0.717, 1.165) is 6.20 Å². The second-order valence-corrected chi connectivity index (χ2v) is 3.58. The van der Waals surface area contributed by atoms with Crippen LogP contribution < -0.4 is 5.32 Å². The van der Waals surface area contributed by atoms with Gasteiger partial charge >= 0.3 is 5.97 Å². The molecule has 0 atom stereocenters. The quantitative estimate of drug-likeness (QED) is 0.761. The Bertz CT molecular complexity index is 625. The summed E-state index contributed by atoms with van der Waals surface area (Å²) < 4.78 is 0. The van der Waals surface area contributed by atoms with E-state index in [1.807, 2.05) is 0 Å². The summed E-state index contributed by atoms with van der Waals surface area (Å²) in [7, 11) is 0. The maximum atomic E-state index is 11.8. The molecule has 0 spiro atoms. The van der Waals surface area contributed by atoms with E-state index < -0.39 is 11.9 Å². The van der Waals surface area contributed by atoms with Crippen molar-refractivity contribution in [3.05, 3.63) is 48.0 Å². The molecule has 7 nitrogen and oxygen atoms in total. The summed E-state index contributed by atoms with van der Waals surface area (Å²) >= 11 is 0. The van der Waals surface area contributed by atoms with E-state index >= 15 is 0 Å². The molecule has 0 aliphatic heterocycles. The molecule has 0 saturated carbocycles. The van der Waals surface area contributed by atoms with Crippen LogP contribution in [0.3, 0.4) is 0 Å². The summed E-state index contributed by atoms with van der Waals surface area (Å²) in [6, 6.07) is 4.04. The van der Waals surface area contributed by atoms with Gasteiger partial charge in [0.2, 0.25) is 0 Å². The topological polar surface area (TPSA) is 112 Å². The number of hydrogen-bond donors (Lipinski definition) is 3. The second kappa shape index (κ2) is 5.13. The average molecular weight is 259 g/mol. The molecule has 0 radical (unpaired) electrons. The summed E-state index contributed by atoms with van der Waals surface area (Å²) in [5.74, 6) is -1.93. The Morgan fingerprint density at radius 2 is 1.95 bits per heavy atom. The number of nitrogens with one attached hydrogen (secondary N) is 1. The summed E-state index contributed by atoms with van der Waals surface area (Å²) in [6.45, 7) is 0. The Hall–Kier alpha value is -2.96. The van der Waals surface area contributed by atoms with Crippen LogP contribution in [0.1, 0.15) is 20.8 Å². The fraction of sp³-hybridized carbons (Fsp3) is 0. The van der Waals surface area contributed by atoms with E-state index in [9.17, 15) is 14.7 Å². The number of carbonyl (C=O) groups excluding carboxylic acids is 1. The van der Waals surface area contributed by atoms with Crippen LogP contribution in [-0.4, -0.2) is 32.1 Å². The fourth-order valence-electron chi connectivity index (χ4n) is 1.37. The maximum absolute atomic E-state index is 11.8. The van der Waals surface area contributed by atoms with Gasteiger partial charge in [0.15, 0.2) is 0 Å². The second-order valence-electron chi connectivity index (χ2n) is 3.58. The van der Waals surface area contributed by atoms with Crippen LogP contribution in [0.5, 0.6) is 5.75 Å². The van der Waals surface area contributed by atoms with Gasteiger partial charge in [0.05, 0.1) is 23.6 Å². The molecule has 2 aromatic heterocycles. The molecular weight excluding hydrogens is 250 g/mol. The van der Waals surface area contributed by atoms with Gasteiger partial charge in [0, 0.05) is 6.20 Å². The van der Waals surface area contributed by atoms with Crippen LogP contribution >= 0.6 is 0 Å². The van der Waals surface area contributed by atoms with E-state index in [2.05, 4.69) is 15.3 Å². The number of nitrogens with zero attached hydrogens (tertiary/aromatic N) is 2. The number of amides is 1. The van der Waals surface area contributed by atoms with Crippen LogP contribution in [-0.2, 0) is 0 Å². The first kappa shape index (κ1) is 12.5. The third-order valence-electron chi connectivity index (χ3n) is 2.29. The molecule has 0 bridgehead atoms. The lowest BCUT2D eigenvalue weighted by Crippen LogP contribution is -2.12. The number of aromatic hydroxyl groups is 1. The van der Waals surface area contributed by atoms with Gasteiger partial charge in [-0.25, -0.2) is 9.78 Å². The third kappa shape index (κ3) is 2.83. The predicted octanol–water partition coefficient (Wildman–Crippen LogP) is 1.13. The largest absolute Gasteiger partial charge is 0.505 e. The number of aromatic carboxylic acids is 1. The van der Waals surface area contributed by atoms with Crippen molar-refractivity contribution in [2.45, 2.75) is 0 Å². The third-order valence-corrected chi connectivity index (χ3v) is 2.29. The van der Waals surface area contributed by atoms with Gasteiger partial charge in [-0.05, 0) is 18.2 Å². The number of hydrogen-bond acceptors (Lipinski definition) is 5. The van der Waals surface area contributed by atoms with Gasteiger partial charge in [0.25, 0.3) is 5.91 Å². The van der Waals surface area contributed by atoms with Crippen molar-refractivity contribution < 1.29 is 19.8 Å². The standard InChI is InChI=1S/C12H9N3O4/c16-10-6-13-4-3-8(10)11(17)15-7-1-2-9(12(18)19)14-5-7/h1-6,16H,(H,15,17)(H,18,19). The van der Waals surface area contributed by atoms with Gasteiger partial charge in [-0.15, -0.1) is 0 Å². The van der Waals surface area contributed by atoms with Crippen LogP contribution in [0, 0.1) is 0 Å². The monoisotopic (exact) mass is 259 g/mol. The van der Waals surface area contributed by atoms with Crippen molar-refractivity contribution in [2.24, 2.45) is 0 Å². The number of aromatic nitrogens is 2. The molecule has 1 amide bonds. The van der Waals surface area contributed by atoms with Crippen molar-refractivity contribution >= 4 is 17.6 Å². The van der Waals surface area contributed by atoms with E-state index in [-0.39, 0.29) is 17.0 Å². The Balaban J connectivity index is 2.15. The average Bonchev–Trinajstić information content (AvgIpc) is 2.39. The Labute approximate surface area is 107 Å². The zero-order valence-electron chi connectivity index (χ0n) is 9.57. The highest BCUT2D eigenvalue weighted by Crippen LogP contribution is 2.16. The zero-order valence-corrected chi connectivity index (χ0v) is 9.57. The van der Waals surface area contributed by atoms with Crippen molar-refractivity contribution in [1.29, 1.82) is 0 Å². The number of carboxylic acids is 1. The molecule has 2 rings (SSSR count). The molecule has 2 heterocycles. The summed E-state index contributed by atoms with van der Waals surface area (Å²) in [5, 5.41) is 20.6. The summed E-state index contributed by atoms with van der Waals surface area (Å²) in [4.78, 5) is 29.7. The normalized spacial score (nSPS) is 9.89. The molecule has 0 aliphatic rings. The van der Waals surface area contributed by atoms with E-state index in [4.69, 9.17) is 5.11 Å². The van der Waals surface area contributed by atoms with Crippen LogP contribution in [0.2, 0.25) is 0 Å². The first-order valence-corrected chi connectivity index (χ1v) is 5.21. The molecule has 0 fully saturated rings. The van der Waals surface area contributed by atoms with Gasteiger partial charge in [0.1, 0.15) is 11.4 Å². The maximum Gasteiger partial charge on any atom is 0.354 e. The van der Waals surface area contributed by atoms with Crippen molar-refractivity contribution in [2.75, 3.05) is 5.32 Å². The van der Waals surface area contributed by atoms with Crippen LogP contribution in [0.25, 0.3) is 0 Å². The minimum atomic E-state index is -1.15. The summed E-state index contributed by atoms with van der Waals surface area (Å²) in [6.07, 6.45) is 3.75. The lowest BCUT2D eigenvalue weighted by molar-refractivity contribution is 0.0690. The number of anilines is 1. The minimum Gasteiger partial charge on any atom is -0.505 e. The molecule has 2 aromatic rings. The molecular formula is C12H9N3O4. The molecule has 3 N–H and O–H groups in total. The SMILES string of the molecule is O=C(O)c1ccc(NC(=O)c2ccncc2O)cn1. The first-order chi connectivity index (χ1) is 9.08. The van der Waals surface area contributed by atoms with Crippen molar-refractivity contribution in [3.8, 4) is 5.75 Å². The zero-order chi connectivity index (χ0) is 13.8. The van der Waals surface area contributed by atoms with Gasteiger partial charge in [-0.2, -0.15) is 0 Å². The lowest BCUT2D eigenvalue weighted by atomic mass is 10.2. The number of carbonyl (C=O) groups is 2. The van der Waals surface area contributed by atoms with E-state index in [0.29, 0.717) is 5.69 Å². The highest BCUT2D eigenvalue weighted by Gasteiger charge is 2.11. The van der Waals surface area contributed by atoms with Crippen molar-refractivity contribution in [3.63, 3.8) is 0 Å². The lowest BCUT2D eigenvalue weighted by Gasteiger charge is -2.06. The highest BCUT2D eigenvalue weighted by molar-refractivity contribution is 6.06. The summed E-state index contributed by atoms with van der Waals surface area (Å²) in [5.41, 5.74) is 0.272. The number of rotatable bonds is 3. The van der Waals surface area contributed by atoms with E-state index in [1.54, 1.807) is 0 Å². The molecule has 7 heteroatoms. The smallest absolute Gasteiger partial charge is 0.354 e. The number of pyridine rings is 2. The highest BCUT2D eigenvalue weighted by atomic mass is 16.4. The van der Waals surface area contributed by atoms with Gasteiger partial charge in [-0.3, -0.25) is 9.78 Å². The van der Waals surface area contributed by atoms with Crippen LogP contribution in [0.15, 0.2) is 36.8 Å². The molecule has 0 unspecified atom stereocenters. The van der Waals surface area contributed by atoms with Crippen LogP contribution in [0.4, 0.5) is 5.69 Å². The fourth-order valence-corrected chi connectivity index (χ4v) is 1.37. The minimum absolute atomic E-state index is 0.0670.